The molecule has 0 unspecified atom stereocenters. The zero-order valence-electron chi connectivity index (χ0n) is 18.5. The molecule has 176 valence electrons. The third-order valence-corrected chi connectivity index (χ3v) is 5.95. The largest absolute Gasteiger partial charge is 0.438 e. The molecule has 5 rings (SSSR count). The van der Waals surface area contributed by atoms with E-state index < -0.39 is 4.92 Å². The number of halogens is 1. The highest BCUT2D eigenvalue weighted by Gasteiger charge is 2.26. The van der Waals surface area contributed by atoms with Crippen LogP contribution in [-0.2, 0) is 24.2 Å². The highest BCUT2D eigenvalue weighted by Crippen LogP contribution is 2.32. The van der Waals surface area contributed by atoms with Gasteiger partial charge >= 0.3 is 0 Å². The number of rotatable bonds is 6. The Labute approximate surface area is 195 Å². The molecule has 1 fully saturated rings. The Bertz CT molecular complexity index is 1180. The average Bonchev–Trinajstić information content (AvgIpc) is 2.85. The summed E-state index contributed by atoms with van der Waals surface area (Å²) >= 11 is 0. The second-order valence-electron chi connectivity index (χ2n) is 8.30. The maximum atomic E-state index is 13.8. The maximum absolute atomic E-state index is 13.8. The van der Waals surface area contributed by atoms with Crippen molar-refractivity contribution in [3.63, 3.8) is 0 Å². The van der Waals surface area contributed by atoms with Gasteiger partial charge in [-0.25, -0.2) is 9.37 Å². The van der Waals surface area contributed by atoms with Gasteiger partial charge in [0.1, 0.15) is 11.6 Å². The number of ether oxygens (including phenoxy) is 2. The van der Waals surface area contributed by atoms with Crippen molar-refractivity contribution in [2.24, 2.45) is 0 Å². The van der Waals surface area contributed by atoms with E-state index in [0.717, 1.165) is 23.4 Å². The fourth-order valence-electron chi connectivity index (χ4n) is 4.17. The number of hydrogen-bond donors (Lipinski definition) is 0. The van der Waals surface area contributed by atoms with Crippen LogP contribution in [0.4, 0.5) is 16.0 Å². The van der Waals surface area contributed by atoms with E-state index in [1.807, 2.05) is 0 Å². The lowest BCUT2D eigenvalue weighted by Gasteiger charge is -2.31. The van der Waals surface area contributed by atoms with Crippen LogP contribution in [0.3, 0.4) is 0 Å². The van der Waals surface area contributed by atoms with E-state index in [1.54, 1.807) is 24.3 Å². The summed E-state index contributed by atoms with van der Waals surface area (Å²) in [5.74, 6) is 1.01. The van der Waals surface area contributed by atoms with Gasteiger partial charge in [-0.05, 0) is 17.7 Å². The van der Waals surface area contributed by atoms with Crippen molar-refractivity contribution in [1.29, 1.82) is 0 Å². The molecule has 2 aromatic carbocycles. The quantitative estimate of drug-likeness (QED) is 0.402. The molecule has 0 bridgehead atoms. The first kappa shape index (κ1) is 22.2. The number of morpholine rings is 1. The number of fused-ring (bicyclic) bond motifs is 1. The van der Waals surface area contributed by atoms with E-state index in [9.17, 15) is 14.5 Å². The molecular formula is C24H24FN5O4. The number of non-ortho nitro benzene ring substituents is 1. The van der Waals surface area contributed by atoms with Crippen molar-refractivity contribution in [2.45, 2.75) is 19.5 Å². The van der Waals surface area contributed by atoms with Gasteiger partial charge in [0, 0.05) is 57.3 Å². The minimum atomic E-state index is -0.402. The molecule has 3 aromatic rings. The third kappa shape index (κ3) is 4.97. The van der Waals surface area contributed by atoms with E-state index >= 15 is 0 Å². The number of anilines is 1. The van der Waals surface area contributed by atoms with Crippen molar-refractivity contribution in [1.82, 2.24) is 14.9 Å². The lowest BCUT2D eigenvalue weighted by molar-refractivity contribution is -0.384. The van der Waals surface area contributed by atoms with Crippen LogP contribution in [0.2, 0.25) is 0 Å². The van der Waals surface area contributed by atoms with Gasteiger partial charge in [-0.15, -0.1) is 0 Å². The fraction of sp³-hybridized carbons (Fsp3) is 0.333. The average molecular weight is 465 g/mol. The Morgan fingerprint density at radius 1 is 1.09 bits per heavy atom. The molecule has 34 heavy (non-hydrogen) atoms. The van der Waals surface area contributed by atoms with Crippen LogP contribution < -0.4 is 9.64 Å². The van der Waals surface area contributed by atoms with Gasteiger partial charge in [0.05, 0.1) is 29.4 Å². The van der Waals surface area contributed by atoms with Crippen molar-refractivity contribution in [2.75, 3.05) is 37.7 Å². The molecular weight excluding hydrogens is 441 g/mol. The number of nitrogens with zero attached hydrogens (tertiary/aromatic N) is 5. The lowest BCUT2D eigenvalue weighted by Crippen LogP contribution is -2.38. The van der Waals surface area contributed by atoms with E-state index in [-0.39, 0.29) is 11.5 Å². The Morgan fingerprint density at radius 3 is 2.62 bits per heavy atom. The standard InChI is InChI=1S/C24H24FN5O4/c25-18-2-1-3-20(14-18)34-23-21-16-28(15-17-4-6-19(7-5-17)30(31)32)9-8-22(21)26-24(27-23)29-10-12-33-13-11-29/h1-7,14H,8-13,15-16H2. The minimum absolute atomic E-state index is 0.0718. The predicted molar refractivity (Wildman–Crippen MR) is 122 cm³/mol. The van der Waals surface area contributed by atoms with Crippen LogP contribution >= 0.6 is 0 Å². The van der Waals surface area contributed by atoms with Crippen molar-refractivity contribution >= 4 is 11.6 Å². The van der Waals surface area contributed by atoms with Crippen LogP contribution in [-0.4, -0.2) is 52.6 Å². The van der Waals surface area contributed by atoms with Gasteiger partial charge in [0.15, 0.2) is 0 Å². The molecule has 1 saturated heterocycles. The summed E-state index contributed by atoms with van der Waals surface area (Å²) < 4.78 is 25.3. The molecule has 0 radical (unpaired) electrons. The summed E-state index contributed by atoms with van der Waals surface area (Å²) in [4.78, 5) is 24.4. The van der Waals surface area contributed by atoms with Crippen molar-refractivity contribution in [3.05, 3.63) is 81.3 Å². The van der Waals surface area contributed by atoms with E-state index in [2.05, 4.69) is 9.80 Å². The molecule has 0 amide bonds. The van der Waals surface area contributed by atoms with Crippen LogP contribution in [0.5, 0.6) is 11.6 Å². The Morgan fingerprint density at radius 2 is 1.88 bits per heavy atom. The first-order valence-corrected chi connectivity index (χ1v) is 11.2. The zero-order chi connectivity index (χ0) is 23.5. The highest BCUT2D eigenvalue weighted by atomic mass is 19.1. The van der Waals surface area contributed by atoms with Gasteiger partial charge < -0.3 is 14.4 Å². The van der Waals surface area contributed by atoms with Crippen molar-refractivity contribution in [3.8, 4) is 11.6 Å². The molecule has 2 aliphatic heterocycles. The predicted octanol–water partition coefficient (Wildman–Crippen LogP) is 3.71. The fourth-order valence-corrected chi connectivity index (χ4v) is 4.17. The van der Waals surface area contributed by atoms with Gasteiger partial charge in [-0.1, -0.05) is 18.2 Å². The van der Waals surface area contributed by atoms with Gasteiger partial charge in [-0.2, -0.15) is 4.98 Å². The molecule has 0 N–H and O–H groups in total. The molecule has 0 atom stereocenters. The van der Waals surface area contributed by atoms with Crippen LogP contribution in [0.15, 0.2) is 48.5 Å². The van der Waals surface area contributed by atoms with Gasteiger partial charge in [0.2, 0.25) is 11.8 Å². The highest BCUT2D eigenvalue weighted by molar-refractivity contribution is 5.44. The number of nitro groups is 1. The molecule has 10 heteroatoms. The number of benzene rings is 2. The van der Waals surface area contributed by atoms with Crippen LogP contribution in [0, 0.1) is 15.9 Å². The molecule has 9 nitrogen and oxygen atoms in total. The number of nitro benzene ring substituents is 1. The molecule has 3 heterocycles. The number of hydrogen-bond acceptors (Lipinski definition) is 8. The second kappa shape index (κ2) is 9.70. The SMILES string of the molecule is O=[N+]([O-])c1ccc(CN2CCc3nc(N4CCOCC4)nc(Oc4cccc(F)c4)c3C2)cc1. The summed E-state index contributed by atoms with van der Waals surface area (Å²) in [6.45, 7) is 4.59. The molecule has 0 spiro atoms. The Hall–Kier alpha value is -3.63. The Balaban J connectivity index is 1.42. The molecule has 0 aliphatic carbocycles. The summed E-state index contributed by atoms with van der Waals surface area (Å²) in [5, 5.41) is 10.9. The maximum Gasteiger partial charge on any atom is 0.269 e. The molecule has 0 saturated carbocycles. The molecule has 2 aliphatic rings. The molecule has 1 aromatic heterocycles. The van der Waals surface area contributed by atoms with Gasteiger partial charge in [0.25, 0.3) is 5.69 Å². The Kier molecular flexibility index (Phi) is 6.33. The summed E-state index contributed by atoms with van der Waals surface area (Å²) in [6, 6.07) is 12.6. The first-order chi connectivity index (χ1) is 16.5. The van der Waals surface area contributed by atoms with E-state index in [4.69, 9.17) is 19.4 Å². The topological polar surface area (TPSA) is 93.9 Å². The van der Waals surface area contributed by atoms with E-state index in [0.29, 0.717) is 63.4 Å². The minimum Gasteiger partial charge on any atom is -0.438 e. The van der Waals surface area contributed by atoms with Gasteiger partial charge in [-0.3, -0.25) is 15.0 Å². The van der Waals surface area contributed by atoms with Crippen LogP contribution in [0.25, 0.3) is 0 Å². The summed E-state index contributed by atoms with van der Waals surface area (Å²) in [5.41, 5.74) is 2.84. The first-order valence-electron chi connectivity index (χ1n) is 11.2. The second-order valence-corrected chi connectivity index (χ2v) is 8.30. The van der Waals surface area contributed by atoms with Crippen LogP contribution in [0.1, 0.15) is 16.8 Å². The third-order valence-electron chi connectivity index (χ3n) is 5.95. The zero-order valence-corrected chi connectivity index (χ0v) is 18.5. The smallest absolute Gasteiger partial charge is 0.269 e. The summed E-state index contributed by atoms with van der Waals surface area (Å²) in [7, 11) is 0. The summed E-state index contributed by atoms with van der Waals surface area (Å²) in [6.07, 6.45) is 0.710. The number of aromatic nitrogens is 2. The van der Waals surface area contributed by atoms with Crippen molar-refractivity contribution < 1.29 is 18.8 Å². The van der Waals surface area contributed by atoms with E-state index in [1.165, 1.54) is 24.3 Å². The lowest BCUT2D eigenvalue weighted by atomic mass is 10.1. The monoisotopic (exact) mass is 465 g/mol. The normalized spacial score (nSPS) is 16.2.